The molecule has 0 aliphatic heterocycles. The second-order valence-corrected chi connectivity index (χ2v) is 2.87. The fraction of sp³-hybridized carbons (Fsp3) is 0.364. The molecule has 4 heteroatoms. The molecule has 0 bridgehead atoms. The van der Waals surface area contributed by atoms with Crippen LogP contribution in [0.2, 0.25) is 0 Å². The first-order valence-electron chi connectivity index (χ1n) is 4.42. The molecule has 1 aromatic carbocycles. The molecule has 0 N–H and O–H groups in total. The largest absolute Gasteiger partial charge is 0.496 e. The normalized spacial score (nSPS) is 9.87. The lowest BCUT2D eigenvalue weighted by atomic mass is 10.2. The van der Waals surface area contributed by atoms with Gasteiger partial charge in [0.2, 0.25) is 0 Å². The summed E-state index contributed by atoms with van der Waals surface area (Å²) in [6.07, 6.45) is 0. The molecule has 4 nitrogen and oxygen atoms in total. The number of methoxy groups -OCH3 is 3. The van der Waals surface area contributed by atoms with E-state index < -0.39 is 0 Å². The molecular formula is C11H15O4. The van der Waals surface area contributed by atoms with Gasteiger partial charge >= 0.3 is 0 Å². The van der Waals surface area contributed by atoms with E-state index in [0.717, 1.165) is 5.56 Å². The summed E-state index contributed by atoms with van der Waals surface area (Å²) in [6, 6.07) is 3.57. The molecule has 83 valence electrons. The number of benzene rings is 1. The van der Waals surface area contributed by atoms with Gasteiger partial charge < -0.3 is 18.9 Å². The molecule has 0 aliphatic carbocycles. The summed E-state index contributed by atoms with van der Waals surface area (Å²) in [6.45, 7) is 0.365. The van der Waals surface area contributed by atoms with Crippen molar-refractivity contribution in [2.45, 2.75) is 6.61 Å². The minimum Gasteiger partial charge on any atom is -0.496 e. The van der Waals surface area contributed by atoms with E-state index >= 15 is 0 Å². The van der Waals surface area contributed by atoms with Crippen molar-refractivity contribution < 1.29 is 18.9 Å². The summed E-state index contributed by atoms with van der Waals surface area (Å²) in [5.41, 5.74) is 0.866. The second kappa shape index (κ2) is 5.46. The molecule has 0 spiro atoms. The molecule has 1 aromatic rings. The van der Waals surface area contributed by atoms with Crippen LogP contribution < -0.4 is 14.2 Å². The zero-order valence-electron chi connectivity index (χ0n) is 9.20. The lowest BCUT2D eigenvalue weighted by Crippen LogP contribution is -1.97. The molecule has 0 saturated heterocycles. The quantitative estimate of drug-likeness (QED) is 0.746. The highest BCUT2D eigenvalue weighted by molar-refractivity contribution is 5.50. The molecule has 0 heterocycles. The van der Waals surface area contributed by atoms with Crippen LogP contribution in [-0.2, 0) is 11.3 Å². The van der Waals surface area contributed by atoms with Crippen molar-refractivity contribution in [3.63, 3.8) is 0 Å². The second-order valence-electron chi connectivity index (χ2n) is 2.87. The Hall–Kier alpha value is -1.42. The summed E-state index contributed by atoms with van der Waals surface area (Å²) < 4.78 is 20.3. The number of rotatable bonds is 5. The minimum absolute atomic E-state index is 0.365. The molecule has 0 unspecified atom stereocenters. The summed E-state index contributed by atoms with van der Waals surface area (Å²) >= 11 is 0. The van der Waals surface area contributed by atoms with Crippen molar-refractivity contribution >= 4 is 0 Å². The molecule has 1 radical (unpaired) electrons. The van der Waals surface area contributed by atoms with E-state index in [1.807, 2.05) is 6.07 Å². The lowest BCUT2D eigenvalue weighted by molar-refractivity contribution is 0.223. The zero-order valence-corrected chi connectivity index (χ0v) is 9.20. The highest BCUT2D eigenvalue weighted by Gasteiger charge is 2.11. The van der Waals surface area contributed by atoms with Crippen LogP contribution >= 0.6 is 0 Å². The zero-order chi connectivity index (χ0) is 11.3. The fourth-order valence-electron chi connectivity index (χ4n) is 1.32. The summed E-state index contributed by atoms with van der Waals surface area (Å²) in [4.78, 5) is 0. The summed E-state index contributed by atoms with van der Waals surface area (Å²) in [5, 5.41) is 0. The lowest BCUT2D eigenvalue weighted by Gasteiger charge is -2.13. The average Bonchev–Trinajstić information content (AvgIpc) is 2.28. The van der Waals surface area contributed by atoms with Crippen molar-refractivity contribution in [2.24, 2.45) is 0 Å². The first-order valence-corrected chi connectivity index (χ1v) is 4.42. The predicted octanol–water partition coefficient (Wildman–Crippen LogP) is 2.02. The smallest absolute Gasteiger partial charge is 0.164 e. The molecule has 1 rings (SSSR count). The van der Waals surface area contributed by atoms with E-state index in [2.05, 4.69) is 7.11 Å². The van der Waals surface area contributed by atoms with E-state index in [1.54, 1.807) is 27.4 Å². The van der Waals surface area contributed by atoms with Crippen molar-refractivity contribution in [3.8, 4) is 17.2 Å². The maximum Gasteiger partial charge on any atom is 0.164 e. The van der Waals surface area contributed by atoms with E-state index in [-0.39, 0.29) is 0 Å². The van der Waals surface area contributed by atoms with Gasteiger partial charge in [0, 0.05) is 11.6 Å². The van der Waals surface area contributed by atoms with Crippen LogP contribution in [0.25, 0.3) is 0 Å². The Balaban J connectivity index is 3.15. The Bertz CT molecular complexity index is 323. The third-order valence-electron chi connectivity index (χ3n) is 2.04. The van der Waals surface area contributed by atoms with Gasteiger partial charge in [-0.1, -0.05) is 0 Å². The minimum atomic E-state index is 0.365. The maximum atomic E-state index is 5.20. The average molecular weight is 211 g/mol. The van der Waals surface area contributed by atoms with Gasteiger partial charge in [0.15, 0.2) is 11.5 Å². The van der Waals surface area contributed by atoms with Crippen molar-refractivity contribution in [1.82, 2.24) is 0 Å². The summed E-state index contributed by atoms with van der Waals surface area (Å²) in [5.74, 6) is 1.96. The van der Waals surface area contributed by atoms with Gasteiger partial charge in [0.05, 0.1) is 35.0 Å². The topological polar surface area (TPSA) is 36.9 Å². The SMILES string of the molecule is [CH2]OCc1cc(OC)c(OC)cc1OC. The Morgan fingerprint density at radius 2 is 1.47 bits per heavy atom. The molecule has 0 aliphatic rings. The van der Waals surface area contributed by atoms with E-state index in [4.69, 9.17) is 18.9 Å². The van der Waals surface area contributed by atoms with Crippen LogP contribution in [0, 0.1) is 7.11 Å². The van der Waals surface area contributed by atoms with Crippen LogP contribution in [-0.4, -0.2) is 21.3 Å². The van der Waals surface area contributed by atoms with Crippen LogP contribution in [0.15, 0.2) is 12.1 Å². The van der Waals surface area contributed by atoms with Gasteiger partial charge in [-0.2, -0.15) is 0 Å². The first-order chi connectivity index (χ1) is 7.26. The Kier molecular flexibility index (Phi) is 4.24. The highest BCUT2D eigenvalue weighted by Crippen LogP contribution is 2.34. The van der Waals surface area contributed by atoms with E-state index in [9.17, 15) is 0 Å². The van der Waals surface area contributed by atoms with Crippen molar-refractivity contribution in [2.75, 3.05) is 21.3 Å². The third kappa shape index (κ3) is 2.53. The van der Waals surface area contributed by atoms with Crippen molar-refractivity contribution in [1.29, 1.82) is 0 Å². The molecule has 0 fully saturated rings. The van der Waals surface area contributed by atoms with Gasteiger partial charge in [-0.15, -0.1) is 0 Å². The number of ether oxygens (including phenoxy) is 4. The monoisotopic (exact) mass is 211 g/mol. The summed E-state index contributed by atoms with van der Waals surface area (Å²) in [7, 11) is 8.08. The standard InChI is InChI=1S/C11H15O4/c1-12-7-8-5-10(14-3)11(15-4)6-9(8)13-2/h5-6H,1,7H2,2-4H3. The van der Waals surface area contributed by atoms with Crippen LogP contribution in [0.4, 0.5) is 0 Å². The van der Waals surface area contributed by atoms with E-state index in [1.165, 1.54) is 0 Å². The number of hydrogen-bond donors (Lipinski definition) is 0. The Morgan fingerprint density at radius 1 is 0.933 bits per heavy atom. The molecular weight excluding hydrogens is 196 g/mol. The third-order valence-corrected chi connectivity index (χ3v) is 2.04. The van der Waals surface area contributed by atoms with Gasteiger partial charge in [0.25, 0.3) is 0 Å². The number of hydrogen-bond acceptors (Lipinski definition) is 4. The molecule has 0 atom stereocenters. The predicted molar refractivity (Wildman–Crippen MR) is 56.2 cm³/mol. The van der Waals surface area contributed by atoms with Gasteiger partial charge in [0.1, 0.15) is 5.75 Å². The molecule has 0 amide bonds. The van der Waals surface area contributed by atoms with Crippen LogP contribution in [0.1, 0.15) is 5.56 Å². The molecule has 15 heavy (non-hydrogen) atoms. The maximum absolute atomic E-state index is 5.20. The Morgan fingerprint density at radius 3 is 1.93 bits per heavy atom. The molecule has 0 aromatic heterocycles. The van der Waals surface area contributed by atoms with Gasteiger partial charge in [-0.05, 0) is 6.07 Å². The first kappa shape index (κ1) is 11.7. The van der Waals surface area contributed by atoms with Crippen LogP contribution in [0.5, 0.6) is 17.2 Å². The van der Waals surface area contributed by atoms with E-state index in [0.29, 0.717) is 23.9 Å². The van der Waals surface area contributed by atoms with Crippen molar-refractivity contribution in [3.05, 3.63) is 24.8 Å². The fourth-order valence-corrected chi connectivity index (χ4v) is 1.32. The Labute approximate surface area is 89.7 Å². The highest BCUT2D eigenvalue weighted by atomic mass is 16.5. The molecule has 0 saturated carbocycles. The van der Waals surface area contributed by atoms with Gasteiger partial charge in [-0.3, -0.25) is 0 Å². The van der Waals surface area contributed by atoms with Crippen LogP contribution in [0.3, 0.4) is 0 Å². The van der Waals surface area contributed by atoms with Gasteiger partial charge in [-0.25, -0.2) is 0 Å².